The summed E-state index contributed by atoms with van der Waals surface area (Å²) in [6.45, 7) is 5.94. The highest BCUT2D eigenvalue weighted by atomic mass is 19.1. The summed E-state index contributed by atoms with van der Waals surface area (Å²) >= 11 is 0. The Balaban J connectivity index is 1.52. The first-order valence-corrected chi connectivity index (χ1v) is 10.5. The summed E-state index contributed by atoms with van der Waals surface area (Å²) < 4.78 is 13.3. The number of rotatable bonds is 4. The van der Waals surface area contributed by atoms with Crippen molar-refractivity contribution in [3.8, 4) is 0 Å². The minimum Gasteiger partial charge on any atom is -0.342 e. The topological polar surface area (TPSA) is 52.7 Å². The molecule has 1 saturated carbocycles. The molecule has 1 atom stereocenters. The molecule has 3 fully saturated rings. The summed E-state index contributed by atoms with van der Waals surface area (Å²) in [6, 6.07) is 6.16. The van der Waals surface area contributed by atoms with Crippen molar-refractivity contribution in [3.63, 3.8) is 0 Å². The van der Waals surface area contributed by atoms with Crippen molar-refractivity contribution in [1.82, 2.24) is 15.1 Å². The molecule has 4 rings (SSSR count). The van der Waals surface area contributed by atoms with E-state index in [-0.39, 0.29) is 35.5 Å². The van der Waals surface area contributed by atoms with E-state index in [0.29, 0.717) is 19.6 Å². The fourth-order valence-corrected chi connectivity index (χ4v) is 4.69. The minimum absolute atomic E-state index is 0.109. The Morgan fingerprint density at radius 3 is 2.39 bits per heavy atom. The zero-order valence-corrected chi connectivity index (χ0v) is 16.8. The van der Waals surface area contributed by atoms with Gasteiger partial charge in [-0.25, -0.2) is 4.39 Å². The quantitative estimate of drug-likeness (QED) is 0.864. The predicted molar refractivity (Wildman–Crippen MR) is 105 cm³/mol. The van der Waals surface area contributed by atoms with E-state index in [1.807, 2.05) is 9.80 Å². The zero-order chi connectivity index (χ0) is 19.9. The van der Waals surface area contributed by atoms with E-state index < -0.39 is 5.66 Å². The molecular formula is C22H30FN3O2. The van der Waals surface area contributed by atoms with Gasteiger partial charge in [0, 0.05) is 38.4 Å². The second-order valence-corrected chi connectivity index (χ2v) is 8.90. The molecule has 0 bridgehead atoms. The lowest BCUT2D eigenvalue weighted by atomic mass is 9.83. The van der Waals surface area contributed by atoms with Gasteiger partial charge in [0.25, 0.3) is 0 Å². The number of nitrogens with one attached hydrogen (secondary N) is 1. The third-order valence-corrected chi connectivity index (χ3v) is 6.75. The normalized spacial score (nSPS) is 24.9. The number of benzene rings is 1. The average molecular weight is 387 g/mol. The van der Waals surface area contributed by atoms with Crippen LogP contribution in [0.1, 0.15) is 51.5 Å². The number of carbonyl (C=O) groups excluding carboxylic acids is 2. The largest absolute Gasteiger partial charge is 0.342 e. The molecule has 1 unspecified atom stereocenters. The Bertz CT molecular complexity index is 737. The van der Waals surface area contributed by atoms with Crippen LogP contribution in [-0.4, -0.2) is 46.4 Å². The van der Waals surface area contributed by atoms with E-state index in [1.54, 1.807) is 12.1 Å². The minimum atomic E-state index is -0.420. The third kappa shape index (κ3) is 3.43. The van der Waals surface area contributed by atoms with E-state index in [4.69, 9.17) is 0 Å². The SMILES string of the molecule is CC(C)C1NC2(CCN(C(=O)C3CCC3)CC2)N(Cc2ccc(F)cc2)C1=O. The second kappa shape index (κ2) is 7.47. The Kier molecular flexibility index (Phi) is 5.17. The Morgan fingerprint density at radius 1 is 1.21 bits per heavy atom. The van der Waals surface area contributed by atoms with Crippen LogP contribution >= 0.6 is 0 Å². The summed E-state index contributed by atoms with van der Waals surface area (Å²) in [4.78, 5) is 29.7. The van der Waals surface area contributed by atoms with Gasteiger partial charge in [-0.2, -0.15) is 0 Å². The lowest BCUT2D eigenvalue weighted by Gasteiger charge is -2.46. The van der Waals surface area contributed by atoms with Gasteiger partial charge in [-0.3, -0.25) is 14.9 Å². The van der Waals surface area contributed by atoms with E-state index in [0.717, 1.165) is 37.7 Å². The fraction of sp³-hybridized carbons (Fsp3) is 0.636. The Hall–Kier alpha value is -1.95. The van der Waals surface area contributed by atoms with Crippen molar-refractivity contribution in [2.45, 2.75) is 64.2 Å². The van der Waals surface area contributed by atoms with Gasteiger partial charge in [0.2, 0.25) is 11.8 Å². The fourth-order valence-electron chi connectivity index (χ4n) is 4.69. The second-order valence-electron chi connectivity index (χ2n) is 8.90. The van der Waals surface area contributed by atoms with Crippen LogP contribution in [0.25, 0.3) is 0 Å². The number of amides is 2. The number of nitrogens with zero attached hydrogens (tertiary/aromatic N) is 2. The number of piperidine rings is 1. The summed E-state index contributed by atoms with van der Waals surface area (Å²) in [7, 11) is 0. The Morgan fingerprint density at radius 2 is 1.86 bits per heavy atom. The molecule has 2 saturated heterocycles. The van der Waals surface area contributed by atoms with E-state index in [1.165, 1.54) is 12.1 Å². The molecule has 1 N–H and O–H groups in total. The first-order valence-electron chi connectivity index (χ1n) is 10.5. The monoisotopic (exact) mass is 387 g/mol. The summed E-state index contributed by atoms with van der Waals surface area (Å²) in [5.74, 6) is 0.532. The van der Waals surface area contributed by atoms with Crippen LogP contribution in [0.15, 0.2) is 24.3 Å². The first-order chi connectivity index (χ1) is 13.4. The van der Waals surface area contributed by atoms with Gasteiger partial charge in [0.15, 0.2) is 0 Å². The van der Waals surface area contributed by atoms with Crippen molar-refractivity contribution < 1.29 is 14.0 Å². The standard InChI is InChI=1S/C22H30FN3O2/c1-15(2)19-21(28)26(14-16-6-8-18(23)9-7-16)22(24-19)10-12-25(13-11-22)20(27)17-4-3-5-17/h6-9,15,17,19,24H,3-5,10-14H2,1-2H3. The van der Waals surface area contributed by atoms with Crippen LogP contribution in [0.3, 0.4) is 0 Å². The Labute approximate surface area is 166 Å². The van der Waals surface area contributed by atoms with Crippen molar-refractivity contribution in [3.05, 3.63) is 35.6 Å². The highest BCUT2D eigenvalue weighted by Gasteiger charge is 2.52. The highest BCUT2D eigenvalue weighted by molar-refractivity contribution is 5.85. The zero-order valence-electron chi connectivity index (χ0n) is 16.8. The van der Waals surface area contributed by atoms with Gasteiger partial charge in [-0.15, -0.1) is 0 Å². The molecule has 0 aromatic heterocycles. The number of hydrogen-bond acceptors (Lipinski definition) is 3. The number of carbonyl (C=O) groups is 2. The van der Waals surface area contributed by atoms with E-state index >= 15 is 0 Å². The molecule has 152 valence electrons. The maximum absolute atomic E-state index is 13.3. The van der Waals surface area contributed by atoms with Crippen molar-refractivity contribution in [1.29, 1.82) is 0 Å². The van der Waals surface area contributed by atoms with Crippen molar-refractivity contribution in [2.24, 2.45) is 11.8 Å². The van der Waals surface area contributed by atoms with Crippen LogP contribution in [0.2, 0.25) is 0 Å². The maximum atomic E-state index is 13.3. The smallest absolute Gasteiger partial charge is 0.241 e. The molecule has 1 aromatic rings. The average Bonchev–Trinajstić information content (AvgIpc) is 2.89. The summed E-state index contributed by atoms with van der Waals surface area (Å²) in [6.07, 6.45) is 4.67. The van der Waals surface area contributed by atoms with E-state index in [2.05, 4.69) is 19.2 Å². The first kappa shape index (κ1) is 19.4. The van der Waals surface area contributed by atoms with Gasteiger partial charge >= 0.3 is 0 Å². The summed E-state index contributed by atoms with van der Waals surface area (Å²) in [5.41, 5.74) is 0.505. The highest BCUT2D eigenvalue weighted by Crippen LogP contribution is 2.37. The van der Waals surface area contributed by atoms with Gasteiger partial charge in [-0.1, -0.05) is 32.4 Å². The number of likely N-dealkylation sites (tertiary alicyclic amines) is 1. The third-order valence-electron chi connectivity index (χ3n) is 6.75. The van der Waals surface area contributed by atoms with E-state index in [9.17, 15) is 14.0 Å². The van der Waals surface area contributed by atoms with Gasteiger partial charge in [0.05, 0.1) is 11.7 Å². The lowest BCUT2D eigenvalue weighted by Crippen LogP contribution is -2.60. The molecule has 3 aliphatic rings. The van der Waals surface area contributed by atoms with Crippen molar-refractivity contribution in [2.75, 3.05) is 13.1 Å². The molecule has 1 aromatic carbocycles. The molecule has 6 heteroatoms. The molecule has 2 heterocycles. The molecule has 5 nitrogen and oxygen atoms in total. The summed E-state index contributed by atoms with van der Waals surface area (Å²) in [5, 5.41) is 3.62. The number of hydrogen-bond donors (Lipinski definition) is 1. The molecule has 0 radical (unpaired) electrons. The van der Waals surface area contributed by atoms with Crippen LogP contribution in [0.5, 0.6) is 0 Å². The molecule has 2 aliphatic heterocycles. The van der Waals surface area contributed by atoms with Gasteiger partial charge in [0.1, 0.15) is 5.82 Å². The maximum Gasteiger partial charge on any atom is 0.241 e. The lowest BCUT2D eigenvalue weighted by molar-refractivity contribution is -0.142. The number of halogens is 1. The molecule has 2 amide bonds. The van der Waals surface area contributed by atoms with Crippen LogP contribution in [-0.2, 0) is 16.1 Å². The molecule has 28 heavy (non-hydrogen) atoms. The van der Waals surface area contributed by atoms with Crippen LogP contribution in [0.4, 0.5) is 4.39 Å². The van der Waals surface area contributed by atoms with Crippen LogP contribution in [0, 0.1) is 17.7 Å². The predicted octanol–water partition coefficient (Wildman–Crippen LogP) is 2.90. The van der Waals surface area contributed by atoms with Crippen LogP contribution < -0.4 is 5.32 Å². The van der Waals surface area contributed by atoms with Crippen molar-refractivity contribution >= 4 is 11.8 Å². The van der Waals surface area contributed by atoms with Gasteiger partial charge < -0.3 is 9.80 Å². The molecular weight excluding hydrogens is 357 g/mol. The molecule has 1 spiro atoms. The molecule has 1 aliphatic carbocycles. The van der Waals surface area contributed by atoms with Gasteiger partial charge in [-0.05, 0) is 36.5 Å².